The molecule has 0 aliphatic rings. The van der Waals surface area contributed by atoms with E-state index >= 15 is 0 Å². The predicted molar refractivity (Wildman–Crippen MR) is 36.1 cm³/mol. The molecule has 0 amide bonds. The summed E-state index contributed by atoms with van der Waals surface area (Å²) in [5.41, 5.74) is 0. The Morgan fingerprint density at radius 3 is 2.12 bits per heavy atom. The first kappa shape index (κ1) is 7.52. The highest BCUT2D eigenvalue weighted by Crippen LogP contribution is 1.93. The van der Waals surface area contributed by atoms with Gasteiger partial charge in [-0.2, -0.15) is 0 Å². The van der Waals surface area contributed by atoms with Gasteiger partial charge in [0.25, 0.3) is 0 Å². The molecule has 0 radical (unpaired) electrons. The van der Waals surface area contributed by atoms with Crippen molar-refractivity contribution in [3.05, 3.63) is 0 Å². The summed E-state index contributed by atoms with van der Waals surface area (Å²) in [6.45, 7) is 3.20. The number of terminal acetylenes is 1. The van der Waals surface area contributed by atoms with E-state index < -0.39 is 0 Å². The lowest BCUT2D eigenvalue weighted by molar-refractivity contribution is -0.822. The summed E-state index contributed by atoms with van der Waals surface area (Å²) in [6.07, 6.45) is 6.36. The Labute approximate surface area is 51.9 Å². The summed E-state index contributed by atoms with van der Waals surface area (Å²) in [4.78, 5) is 0. The number of quaternary nitrogens is 1. The van der Waals surface area contributed by atoms with Gasteiger partial charge in [0.15, 0.2) is 0 Å². The van der Waals surface area contributed by atoms with E-state index in [1.807, 2.05) is 14.1 Å². The Bertz CT molecular complexity index is 97.4. The first-order valence-corrected chi connectivity index (χ1v) is 2.93. The molecule has 46 valence electrons. The van der Waals surface area contributed by atoms with Crippen molar-refractivity contribution in [1.82, 2.24) is 0 Å². The molecule has 0 aromatic carbocycles. The molecule has 0 spiro atoms. The average molecular weight is 112 g/mol. The fourth-order valence-corrected chi connectivity index (χ4v) is 0.624. The molecule has 0 aromatic heterocycles. The van der Waals surface area contributed by atoms with Crippen LogP contribution in [-0.4, -0.2) is 25.1 Å². The zero-order chi connectivity index (χ0) is 6.62. The smallest absolute Gasteiger partial charge is 0.133 e. The highest BCUT2D eigenvalue weighted by Gasteiger charge is 2.07. The fraction of sp³-hybridized carbons (Fsp3) is 0.714. The van der Waals surface area contributed by atoms with Crippen molar-refractivity contribution in [1.29, 1.82) is 0 Å². The quantitative estimate of drug-likeness (QED) is 0.370. The van der Waals surface area contributed by atoms with Gasteiger partial charge in [0.1, 0.15) is 6.04 Å². The zero-order valence-electron chi connectivity index (χ0n) is 5.94. The van der Waals surface area contributed by atoms with Gasteiger partial charge in [-0.3, -0.25) is 4.48 Å². The maximum atomic E-state index is 5.21. The van der Waals surface area contributed by atoms with Crippen LogP contribution in [0.15, 0.2) is 0 Å². The zero-order valence-corrected chi connectivity index (χ0v) is 5.94. The second-order valence-corrected chi connectivity index (χ2v) is 2.54. The van der Waals surface area contributed by atoms with Gasteiger partial charge >= 0.3 is 0 Å². The van der Waals surface area contributed by atoms with Crippen molar-refractivity contribution >= 4 is 0 Å². The van der Waals surface area contributed by atoms with Crippen LogP contribution in [0, 0.1) is 12.5 Å². The molecule has 0 rings (SSSR count). The number of hydrogen-bond acceptors (Lipinski definition) is 0. The number of hydrogen-bond donors (Lipinski definition) is 0. The van der Waals surface area contributed by atoms with Crippen LogP contribution in [-0.2, 0) is 0 Å². The Balaban J connectivity index is 3.59. The second kappa shape index (κ2) is 2.74. The summed E-state index contributed by atoms with van der Waals surface area (Å²) < 4.78 is 0.691. The molecule has 0 saturated carbocycles. The van der Waals surface area contributed by atoms with Crippen LogP contribution < -0.4 is 0 Å². The van der Waals surface area contributed by atoms with Crippen LogP contribution in [0.25, 0.3) is 0 Å². The summed E-state index contributed by atoms with van der Waals surface area (Å²) in [5.74, 6) is 0. The number of nitrogens with zero attached hydrogens (tertiary/aromatic N) is 1. The Morgan fingerprint density at radius 1 is 1.50 bits per heavy atom. The Kier molecular flexibility index (Phi) is 2.57. The molecular weight excluding hydrogens is 98.1 g/mol. The van der Waals surface area contributed by atoms with Crippen molar-refractivity contribution in [2.45, 2.75) is 13.3 Å². The van der Waals surface area contributed by atoms with Crippen molar-refractivity contribution in [2.24, 2.45) is 0 Å². The third-order valence-corrected chi connectivity index (χ3v) is 1.13. The SMILES string of the molecule is C#C[N+](C)(C)CCC. The van der Waals surface area contributed by atoms with E-state index in [1.165, 1.54) is 0 Å². The van der Waals surface area contributed by atoms with Crippen molar-refractivity contribution in [3.63, 3.8) is 0 Å². The molecule has 0 aromatic rings. The van der Waals surface area contributed by atoms with E-state index in [1.54, 1.807) is 0 Å². The van der Waals surface area contributed by atoms with E-state index in [-0.39, 0.29) is 0 Å². The minimum absolute atomic E-state index is 0.691. The van der Waals surface area contributed by atoms with E-state index in [0.29, 0.717) is 4.48 Å². The van der Waals surface area contributed by atoms with E-state index in [2.05, 4.69) is 13.0 Å². The minimum Gasteiger partial charge on any atom is -0.251 e. The molecule has 0 bridgehead atoms. The lowest BCUT2D eigenvalue weighted by atomic mass is 10.4. The van der Waals surface area contributed by atoms with Crippen LogP contribution in [0.2, 0.25) is 0 Å². The monoisotopic (exact) mass is 112 g/mol. The van der Waals surface area contributed by atoms with Gasteiger partial charge in [-0.05, 0) is 6.42 Å². The van der Waals surface area contributed by atoms with Gasteiger partial charge in [0.2, 0.25) is 0 Å². The highest BCUT2D eigenvalue weighted by molar-refractivity contribution is 4.69. The maximum absolute atomic E-state index is 5.21. The van der Waals surface area contributed by atoms with Crippen LogP contribution in [0.4, 0.5) is 0 Å². The van der Waals surface area contributed by atoms with Crippen LogP contribution in [0.1, 0.15) is 13.3 Å². The number of rotatable bonds is 2. The normalized spacial score (nSPS) is 10.8. The summed E-state index contributed by atoms with van der Waals surface area (Å²) in [7, 11) is 4.06. The van der Waals surface area contributed by atoms with Gasteiger partial charge < -0.3 is 0 Å². The van der Waals surface area contributed by atoms with E-state index in [4.69, 9.17) is 6.42 Å². The molecule has 0 unspecified atom stereocenters. The Hall–Kier alpha value is -0.480. The molecule has 0 aliphatic carbocycles. The summed E-state index contributed by atoms with van der Waals surface area (Å²) in [6, 6.07) is 2.68. The highest BCUT2D eigenvalue weighted by atomic mass is 15.3. The van der Waals surface area contributed by atoms with Gasteiger partial charge in [-0.1, -0.05) is 13.3 Å². The topological polar surface area (TPSA) is 0 Å². The van der Waals surface area contributed by atoms with Gasteiger partial charge in [-0.25, -0.2) is 0 Å². The standard InChI is InChI=1S/C7H14N/c1-5-7-8(3,4)6-2/h2H,5,7H2,1,3-4H3/q+1. The molecule has 0 fully saturated rings. The molecular formula is C7H14N+. The fourth-order valence-electron chi connectivity index (χ4n) is 0.624. The molecule has 0 saturated heterocycles. The van der Waals surface area contributed by atoms with Crippen molar-refractivity contribution in [2.75, 3.05) is 20.6 Å². The first-order valence-electron chi connectivity index (χ1n) is 2.93. The molecule has 1 heteroatoms. The second-order valence-electron chi connectivity index (χ2n) is 2.54. The average Bonchev–Trinajstić information content (AvgIpc) is 1.67. The van der Waals surface area contributed by atoms with Gasteiger partial charge in [0, 0.05) is 0 Å². The van der Waals surface area contributed by atoms with Crippen molar-refractivity contribution in [3.8, 4) is 12.5 Å². The molecule has 0 aliphatic heterocycles. The summed E-state index contributed by atoms with van der Waals surface area (Å²) in [5, 5.41) is 0. The predicted octanol–water partition coefficient (Wildman–Crippen LogP) is 1.06. The maximum Gasteiger partial charge on any atom is 0.133 e. The molecule has 0 atom stereocenters. The van der Waals surface area contributed by atoms with Crippen LogP contribution in [0.5, 0.6) is 0 Å². The summed E-state index contributed by atoms with van der Waals surface area (Å²) >= 11 is 0. The van der Waals surface area contributed by atoms with Crippen LogP contribution >= 0.6 is 0 Å². The van der Waals surface area contributed by atoms with Crippen LogP contribution in [0.3, 0.4) is 0 Å². The first-order chi connectivity index (χ1) is 3.62. The van der Waals surface area contributed by atoms with E-state index in [9.17, 15) is 0 Å². The molecule has 1 nitrogen and oxygen atoms in total. The van der Waals surface area contributed by atoms with Crippen molar-refractivity contribution < 1.29 is 4.48 Å². The van der Waals surface area contributed by atoms with Gasteiger partial charge in [0.05, 0.1) is 20.6 Å². The molecule has 0 N–H and O–H groups in total. The Morgan fingerprint density at radius 2 is 2.00 bits per heavy atom. The lowest BCUT2D eigenvalue weighted by Gasteiger charge is -2.19. The molecule has 8 heavy (non-hydrogen) atoms. The molecule has 0 heterocycles. The van der Waals surface area contributed by atoms with Gasteiger partial charge in [-0.15, -0.1) is 0 Å². The largest absolute Gasteiger partial charge is 0.251 e. The third kappa shape index (κ3) is 2.65. The van der Waals surface area contributed by atoms with E-state index in [0.717, 1.165) is 13.0 Å². The lowest BCUT2D eigenvalue weighted by Crippen LogP contribution is -2.34. The third-order valence-electron chi connectivity index (χ3n) is 1.13. The minimum atomic E-state index is 0.691.